The first-order valence-corrected chi connectivity index (χ1v) is 9.95. The van der Waals surface area contributed by atoms with E-state index in [4.69, 9.17) is 23.2 Å². The highest BCUT2D eigenvalue weighted by Gasteiger charge is 2.55. The second-order valence-electron chi connectivity index (χ2n) is 6.48. The standard InChI is InChI=1S/C19H16Cl2N2O2S/c1-19-14-5-3-2-4-13(14)18(25)23(19)16(10-26-19)17(24)22-9-11-6-7-12(20)8-15(11)21/h2-8,16H,9-10H2,1H3,(H,22,24). The van der Waals surface area contributed by atoms with Crippen molar-refractivity contribution in [3.05, 3.63) is 69.2 Å². The van der Waals surface area contributed by atoms with Gasteiger partial charge in [-0.2, -0.15) is 0 Å². The van der Waals surface area contributed by atoms with Gasteiger partial charge in [-0.1, -0.05) is 47.5 Å². The van der Waals surface area contributed by atoms with Crippen LogP contribution in [0.4, 0.5) is 0 Å². The molecule has 0 bridgehead atoms. The molecule has 2 heterocycles. The molecule has 2 unspecified atom stereocenters. The second kappa shape index (κ2) is 6.48. The molecular weight excluding hydrogens is 391 g/mol. The van der Waals surface area contributed by atoms with Crippen LogP contribution in [-0.4, -0.2) is 28.5 Å². The molecule has 7 heteroatoms. The lowest BCUT2D eigenvalue weighted by Crippen LogP contribution is -2.49. The Hall–Kier alpha value is -1.69. The van der Waals surface area contributed by atoms with Gasteiger partial charge in [-0.15, -0.1) is 11.8 Å². The van der Waals surface area contributed by atoms with Crippen molar-refractivity contribution in [1.82, 2.24) is 10.2 Å². The summed E-state index contributed by atoms with van der Waals surface area (Å²) in [4.78, 5) is 26.9. The summed E-state index contributed by atoms with van der Waals surface area (Å²) in [5.74, 6) is 0.308. The predicted octanol–water partition coefficient (Wildman–Crippen LogP) is 4.05. The number of benzene rings is 2. The van der Waals surface area contributed by atoms with E-state index in [0.717, 1.165) is 11.1 Å². The maximum atomic E-state index is 12.9. The van der Waals surface area contributed by atoms with Crippen molar-refractivity contribution in [1.29, 1.82) is 0 Å². The lowest BCUT2D eigenvalue weighted by molar-refractivity contribution is -0.125. The summed E-state index contributed by atoms with van der Waals surface area (Å²) in [5.41, 5.74) is 2.45. The SMILES string of the molecule is CC12SCC(C(=O)NCc3ccc(Cl)cc3Cl)N1C(=O)c1ccccc12. The number of fused-ring (bicyclic) bond motifs is 3. The van der Waals surface area contributed by atoms with Crippen molar-refractivity contribution in [2.45, 2.75) is 24.4 Å². The molecule has 0 saturated carbocycles. The number of thioether (sulfide) groups is 1. The lowest BCUT2D eigenvalue weighted by atomic mass is 10.1. The fourth-order valence-corrected chi connectivity index (χ4v) is 5.53. The van der Waals surface area contributed by atoms with E-state index in [1.54, 1.807) is 34.9 Å². The third-order valence-corrected chi connectivity index (χ3v) is 6.99. The highest BCUT2D eigenvalue weighted by molar-refractivity contribution is 8.00. The molecule has 2 amide bonds. The molecule has 1 N–H and O–H groups in total. The number of carbonyl (C=O) groups excluding carboxylic acids is 2. The Bertz CT molecular complexity index is 920. The van der Waals surface area contributed by atoms with Gasteiger partial charge in [-0.05, 0) is 30.7 Å². The maximum Gasteiger partial charge on any atom is 0.256 e. The fourth-order valence-electron chi connectivity index (χ4n) is 3.59. The van der Waals surface area contributed by atoms with Crippen molar-refractivity contribution in [2.75, 3.05) is 5.75 Å². The molecule has 2 aliphatic heterocycles. The molecule has 0 radical (unpaired) electrons. The van der Waals surface area contributed by atoms with Crippen LogP contribution in [0.5, 0.6) is 0 Å². The second-order valence-corrected chi connectivity index (χ2v) is 8.74. The number of amides is 2. The van der Waals surface area contributed by atoms with E-state index in [9.17, 15) is 9.59 Å². The van der Waals surface area contributed by atoms with Crippen molar-refractivity contribution < 1.29 is 9.59 Å². The molecule has 2 aliphatic rings. The van der Waals surface area contributed by atoms with Crippen LogP contribution < -0.4 is 5.32 Å². The highest BCUT2D eigenvalue weighted by atomic mass is 35.5. The molecule has 26 heavy (non-hydrogen) atoms. The van der Waals surface area contributed by atoms with E-state index in [1.165, 1.54) is 0 Å². The zero-order chi connectivity index (χ0) is 18.5. The van der Waals surface area contributed by atoms with E-state index in [0.29, 0.717) is 27.9 Å². The van der Waals surface area contributed by atoms with Crippen LogP contribution in [0.25, 0.3) is 0 Å². The number of carbonyl (C=O) groups is 2. The van der Waals surface area contributed by atoms with Crippen LogP contribution in [0.15, 0.2) is 42.5 Å². The Labute approximate surface area is 165 Å². The average molecular weight is 407 g/mol. The third-order valence-electron chi connectivity index (χ3n) is 4.94. The smallest absolute Gasteiger partial charge is 0.256 e. The van der Waals surface area contributed by atoms with E-state index in [-0.39, 0.29) is 11.8 Å². The first-order valence-electron chi connectivity index (χ1n) is 8.20. The minimum Gasteiger partial charge on any atom is -0.350 e. The van der Waals surface area contributed by atoms with E-state index < -0.39 is 10.9 Å². The van der Waals surface area contributed by atoms with Gasteiger partial charge in [-0.3, -0.25) is 9.59 Å². The molecule has 1 saturated heterocycles. The van der Waals surface area contributed by atoms with Crippen LogP contribution in [-0.2, 0) is 16.2 Å². The predicted molar refractivity (Wildman–Crippen MR) is 105 cm³/mol. The normalized spacial score (nSPS) is 23.7. The number of nitrogens with zero attached hydrogens (tertiary/aromatic N) is 1. The zero-order valence-electron chi connectivity index (χ0n) is 14.0. The summed E-state index contributed by atoms with van der Waals surface area (Å²) in [5, 5.41) is 3.96. The van der Waals surface area contributed by atoms with Crippen molar-refractivity contribution in [3.63, 3.8) is 0 Å². The number of halogens is 2. The molecule has 0 aromatic heterocycles. The Morgan fingerprint density at radius 2 is 2.08 bits per heavy atom. The zero-order valence-corrected chi connectivity index (χ0v) is 16.3. The molecule has 0 spiro atoms. The van der Waals surface area contributed by atoms with E-state index in [1.807, 2.05) is 31.2 Å². The molecule has 1 fully saturated rings. The summed E-state index contributed by atoms with van der Waals surface area (Å²) in [6, 6.07) is 12.2. The van der Waals surface area contributed by atoms with Gasteiger partial charge in [0.15, 0.2) is 0 Å². The van der Waals surface area contributed by atoms with Crippen molar-refractivity contribution in [2.24, 2.45) is 0 Å². The van der Waals surface area contributed by atoms with Crippen molar-refractivity contribution >= 4 is 46.8 Å². The monoisotopic (exact) mass is 406 g/mol. The first-order chi connectivity index (χ1) is 12.4. The molecular formula is C19H16Cl2N2O2S. The molecule has 2 aromatic rings. The topological polar surface area (TPSA) is 49.4 Å². The highest BCUT2D eigenvalue weighted by Crippen LogP contribution is 2.53. The van der Waals surface area contributed by atoms with E-state index >= 15 is 0 Å². The summed E-state index contributed by atoms with van der Waals surface area (Å²) in [7, 11) is 0. The van der Waals surface area contributed by atoms with Crippen molar-refractivity contribution in [3.8, 4) is 0 Å². The fraction of sp³-hybridized carbons (Fsp3) is 0.263. The molecule has 2 atom stereocenters. The third kappa shape index (κ3) is 2.70. The lowest BCUT2D eigenvalue weighted by Gasteiger charge is -2.30. The van der Waals surface area contributed by atoms with Crippen LogP contribution in [0.1, 0.15) is 28.4 Å². The van der Waals surface area contributed by atoms with Gasteiger partial charge in [0.25, 0.3) is 5.91 Å². The number of hydrogen-bond donors (Lipinski definition) is 1. The quantitative estimate of drug-likeness (QED) is 0.835. The molecule has 4 rings (SSSR count). The van der Waals surface area contributed by atoms with Gasteiger partial charge in [0, 0.05) is 33.5 Å². The largest absolute Gasteiger partial charge is 0.350 e. The molecule has 134 valence electrons. The first kappa shape index (κ1) is 17.7. The number of nitrogens with one attached hydrogen (secondary N) is 1. The van der Waals surface area contributed by atoms with Gasteiger partial charge < -0.3 is 10.2 Å². The van der Waals surface area contributed by atoms with Gasteiger partial charge in [0.1, 0.15) is 10.9 Å². The Morgan fingerprint density at radius 3 is 2.85 bits per heavy atom. The van der Waals surface area contributed by atoms with E-state index in [2.05, 4.69) is 5.32 Å². The van der Waals surface area contributed by atoms with Gasteiger partial charge in [0.05, 0.1) is 0 Å². The van der Waals surface area contributed by atoms with Gasteiger partial charge >= 0.3 is 0 Å². The van der Waals surface area contributed by atoms with Crippen LogP contribution >= 0.6 is 35.0 Å². The van der Waals surface area contributed by atoms with Gasteiger partial charge in [0.2, 0.25) is 5.91 Å². The minimum absolute atomic E-state index is 0.0854. The Balaban J connectivity index is 1.53. The van der Waals surface area contributed by atoms with Crippen LogP contribution in [0.2, 0.25) is 10.0 Å². The summed E-state index contributed by atoms with van der Waals surface area (Å²) >= 11 is 13.7. The molecule has 2 aromatic carbocycles. The van der Waals surface area contributed by atoms with Gasteiger partial charge in [-0.25, -0.2) is 0 Å². The average Bonchev–Trinajstić information content (AvgIpc) is 3.08. The Morgan fingerprint density at radius 1 is 1.31 bits per heavy atom. The number of hydrogen-bond acceptors (Lipinski definition) is 3. The number of rotatable bonds is 3. The molecule has 4 nitrogen and oxygen atoms in total. The summed E-state index contributed by atoms with van der Waals surface area (Å²) in [6.07, 6.45) is 0. The minimum atomic E-state index is -0.504. The summed E-state index contributed by atoms with van der Waals surface area (Å²) < 4.78 is 0. The molecule has 0 aliphatic carbocycles. The van der Waals surface area contributed by atoms with Crippen LogP contribution in [0, 0.1) is 0 Å². The Kier molecular flexibility index (Phi) is 4.41. The summed E-state index contributed by atoms with van der Waals surface area (Å²) in [6.45, 7) is 2.30. The maximum absolute atomic E-state index is 12.9. The van der Waals surface area contributed by atoms with Crippen LogP contribution in [0.3, 0.4) is 0 Å².